The van der Waals surface area contributed by atoms with Crippen molar-refractivity contribution in [2.24, 2.45) is 0 Å². The maximum atomic E-state index is 5.51. The van der Waals surface area contributed by atoms with E-state index in [2.05, 4.69) is 45.1 Å². The van der Waals surface area contributed by atoms with Crippen molar-refractivity contribution in [3.63, 3.8) is 0 Å². The molecule has 4 rings (SSSR count). The Balaban J connectivity index is 1.40. The third kappa shape index (κ3) is 4.75. The number of anilines is 2. The Hall–Kier alpha value is -3.45. The Morgan fingerprint density at radius 3 is 2.13 bits per heavy atom. The van der Waals surface area contributed by atoms with Crippen LogP contribution in [0, 0.1) is 13.8 Å². The van der Waals surface area contributed by atoms with Gasteiger partial charge < -0.3 is 10.6 Å². The molecule has 0 aliphatic heterocycles. The van der Waals surface area contributed by atoms with Crippen molar-refractivity contribution in [1.29, 1.82) is 0 Å². The zero-order valence-corrected chi connectivity index (χ0v) is 17.9. The standard InChI is InChI=1S/C23H24N6S/c1-17-22(18(2)29(26-17)16-20-11-7-4-8-12-20)25-23(30)24-21-13-14-28(27-21)15-19-9-5-3-6-10-19/h3-14H,15-16H2,1-2H3,(H2,24,25,27,30). The molecule has 0 bridgehead atoms. The number of hydrogen-bond acceptors (Lipinski definition) is 3. The lowest BCUT2D eigenvalue weighted by Gasteiger charge is -2.10. The lowest BCUT2D eigenvalue weighted by atomic mass is 10.2. The molecule has 0 unspecified atom stereocenters. The Morgan fingerprint density at radius 2 is 1.47 bits per heavy atom. The topological polar surface area (TPSA) is 59.7 Å². The quantitative estimate of drug-likeness (QED) is 0.450. The van der Waals surface area contributed by atoms with Crippen molar-refractivity contribution in [1.82, 2.24) is 19.6 Å². The molecule has 0 fully saturated rings. The predicted molar refractivity (Wildman–Crippen MR) is 125 cm³/mol. The summed E-state index contributed by atoms with van der Waals surface area (Å²) < 4.78 is 3.87. The van der Waals surface area contributed by atoms with Gasteiger partial charge in [-0.15, -0.1) is 0 Å². The van der Waals surface area contributed by atoms with Gasteiger partial charge in [0.15, 0.2) is 10.9 Å². The molecular weight excluding hydrogens is 392 g/mol. The molecule has 0 spiro atoms. The molecule has 7 heteroatoms. The van der Waals surface area contributed by atoms with E-state index in [0.717, 1.165) is 23.6 Å². The normalized spacial score (nSPS) is 10.7. The highest BCUT2D eigenvalue weighted by Gasteiger charge is 2.13. The number of aryl methyl sites for hydroxylation is 1. The first-order valence-corrected chi connectivity index (χ1v) is 10.2. The van der Waals surface area contributed by atoms with Crippen molar-refractivity contribution in [3.05, 3.63) is 95.4 Å². The zero-order chi connectivity index (χ0) is 20.9. The van der Waals surface area contributed by atoms with Gasteiger partial charge in [0, 0.05) is 12.3 Å². The Morgan fingerprint density at radius 1 is 0.833 bits per heavy atom. The smallest absolute Gasteiger partial charge is 0.176 e. The minimum absolute atomic E-state index is 0.491. The molecule has 6 nitrogen and oxygen atoms in total. The molecule has 2 aromatic heterocycles. The molecule has 2 N–H and O–H groups in total. The fourth-order valence-corrected chi connectivity index (χ4v) is 3.54. The summed E-state index contributed by atoms with van der Waals surface area (Å²) in [7, 11) is 0. The summed E-state index contributed by atoms with van der Waals surface area (Å²) in [6.45, 7) is 5.46. The van der Waals surface area contributed by atoms with Crippen molar-refractivity contribution in [3.8, 4) is 0 Å². The Labute approximate surface area is 181 Å². The van der Waals surface area contributed by atoms with Gasteiger partial charge in [0.1, 0.15) is 0 Å². The van der Waals surface area contributed by atoms with Gasteiger partial charge in [0.25, 0.3) is 0 Å². The van der Waals surface area contributed by atoms with Crippen molar-refractivity contribution in [2.45, 2.75) is 26.9 Å². The van der Waals surface area contributed by atoms with Crippen LogP contribution in [-0.4, -0.2) is 24.7 Å². The minimum atomic E-state index is 0.491. The first-order valence-electron chi connectivity index (χ1n) is 9.82. The largest absolute Gasteiger partial charge is 0.329 e. The van der Waals surface area contributed by atoms with Gasteiger partial charge in [-0.1, -0.05) is 60.7 Å². The van der Waals surface area contributed by atoms with Crippen LogP contribution in [0.25, 0.3) is 0 Å². The van der Waals surface area contributed by atoms with Gasteiger partial charge in [-0.3, -0.25) is 9.36 Å². The molecule has 0 aliphatic rings. The fraction of sp³-hybridized carbons (Fsp3) is 0.174. The average molecular weight is 417 g/mol. The van der Waals surface area contributed by atoms with Crippen LogP contribution < -0.4 is 10.6 Å². The number of aromatic nitrogens is 4. The molecule has 2 aromatic carbocycles. The highest BCUT2D eigenvalue weighted by molar-refractivity contribution is 7.80. The van der Waals surface area contributed by atoms with Crippen LogP contribution in [0.5, 0.6) is 0 Å². The molecule has 2 heterocycles. The number of rotatable bonds is 6. The molecule has 4 aromatic rings. The van der Waals surface area contributed by atoms with E-state index in [0.29, 0.717) is 17.5 Å². The molecule has 0 saturated carbocycles. The van der Waals surface area contributed by atoms with Gasteiger partial charge >= 0.3 is 0 Å². The molecule has 0 atom stereocenters. The van der Waals surface area contributed by atoms with E-state index >= 15 is 0 Å². The third-order valence-electron chi connectivity index (χ3n) is 4.86. The number of thiocarbonyl (C=S) groups is 1. The Bertz CT molecular complexity index is 1130. The number of nitrogens with zero attached hydrogens (tertiary/aromatic N) is 4. The van der Waals surface area contributed by atoms with E-state index in [-0.39, 0.29) is 0 Å². The summed E-state index contributed by atoms with van der Waals surface area (Å²) in [5.74, 6) is 0.704. The second-order valence-electron chi connectivity index (χ2n) is 7.15. The van der Waals surface area contributed by atoms with E-state index in [1.54, 1.807) is 0 Å². The van der Waals surface area contributed by atoms with Gasteiger partial charge in [0.2, 0.25) is 0 Å². The van der Waals surface area contributed by atoms with Crippen molar-refractivity contribution >= 4 is 28.8 Å². The summed E-state index contributed by atoms with van der Waals surface area (Å²) >= 11 is 5.51. The molecule has 0 saturated heterocycles. The van der Waals surface area contributed by atoms with E-state index in [4.69, 9.17) is 12.2 Å². The van der Waals surface area contributed by atoms with Crippen LogP contribution in [0.15, 0.2) is 72.9 Å². The molecule has 0 radical (unpaired) electrons. The summed E-state index contributed by atoms with van der Waals surface area (Å²) in [6.07, 6.45) is 1.94. The second-order valence-corrected chi connectivity index (χ2v) is 7.56. The number of benzene rings is 2. The zero-order valence-electron chi connectivity index (χ0n) is 17.0. The summed E-state index contributed by atoms with van der Waals surface area (Å²) in [5.41, 5.74) is 5.27. The van der Waals surface area contributed by atoms with Crippen LogP contribution in [0.2, 0.25) is 0 Å². The summed E-state index contributed by atoms with van der Waals surface area (Å²) in [4.78, 5) is 0. The maximum absolute atomic E-state index is 5.51. The monoisotopic (exact) mass is 416 g/mol. The first kappa shape index (κ1) is 19.8. The lowest BCUT2D eigenvalue weighted by Crippen LogP contribution is -2.20. The SMILES string of the molecule is Cc1nn(Cc2ccccc2)c(C)c1NC(=S)Nc1ccn(Cc2ccccc2)n1. The van der Waals surface area contributed by atoms with Crippen LogP contribution >= 0.6 is 12.2 Å². The van der Waals surface area contributed by atoms with Crippen LogP contribution in [-0.2, 0) is 13.1 Å². The van der Waals surface area contributed by atoms with E-state index in [9.17, 15) is 0 Å². The molecule has 0 amide bonds. The minimum Gasteiger partial charge on any atom is -0.329 e. The van der Waals surface area contributed by atoms with Gasteiger partial charge in [-0.05, 0) is 37.2 Å². The third-order valence-corrected chi connectivity index (χ3v) is 5.07. The van der Waals surface area contributed by atoms with Crippen LogP contribution in [0.4, 0.5) is 11.5 Å². The van der Waals surface area contributed by atoms with Gasteiger partial charge in [-0.2, -0.15) is 10.2 Å². The molecule has 30 heavy (non-hydrogen) atoms. The predicted octanol–water partition coefficient (Wildman–Crippen LogP) is 4.60. The van der Waals surface area contributed by atoms with Gasteiger partial charge in [0.05, 0.1) is 30.2 Å². The summed E-state index contributed by atoms with van der Waals surface area (Å²) in [5, 5.41) is 16.1. The van der Waals surface area contributed by atoms with Crippen LogP contribution in [0.3, 0.4) is 0 Å². The fourth-order valence-electron chi connectivity index (χ4n) is 3.34. The highest BCUT2D eigenvalue weighted by Crippen LogP contribution is 2.21. The average Bonchev–Trinajstić information content (AvgIpc) is 3.28. The second kappa shape index (κ2) is 8.92. The first-order chi connectivity index (χ1) is 14.6. The number of hydrogen-bond donors (Lipinski definition) is 2. The molecule has 0 aliphatic carbocycles. The maximum Gasteiger partial charge on any atom is 0.176 e. The lowest BCUT2D eigenvalue weighted by molar-refractivity contribution is 0.659. The van der Waals surface area contributed by atoms with E-state index in [1.165, 1.54) is 11.1 Å². The van der Waals surface area contributed by atoms with Crippen LogP contribution in [0.1, 0.15) is 22.5 Å². The van der Waals surface area contributed by atoms with Crippen molar-refractivity contribution < 1.29 is 0 Å². The van der Waals surface area contributed by atoms with E-state index < -0.39 is 0 Å². The Kier molecular flexibility index (Phi) is 5.90. The van der Waals surface area contributed by atoms with Gasteiger partial charge in [-0.25, -0.2) is 0 Å². The van der Waals surface area contributed by atoms with E-state index in [1.807, 2.05) is 71.9 Å². The molecular formula is C23H24N6S. The number of nitrogens with one attached hydrogen (secondary N) is 2. The highest BCUT2D eigenvalue weighted by atomic mass is 32.1. The van der Waals surface area contributed by atoms with Crippen molar-refractivity contribution in [2.75, 3.05) is 10.6 Å². The summed E-state index contributed by atoms with van der Waals surface area (Å²) in [6, 6.07) is 22.4. The molecule has 152 valence electrons.